The standard InChI is InChI=1S/C16H17N3O2/c1-12-4-2-3-5-14(12)11-21-15-8-6-13(7-9-15)10-18-19-16(17)20/h2-10H,11H2,1H3,(H3,17,19,20)/b18-10-. The molecule has 5 heteroatoms. The fraction of sp³-hybridized carbons (Fsp3) is 0.125. The monoisotopic (exact) mass is 283 g/mol. The average Bonchev–Trinajstić information content (AvgIpc) is 2.47. The van der Waals surface area contributed by atoms with E-state index in [1.807, 2.05) is 42.5 Å². The van der Waals surface area contributed by atoms with Gasteiger partial charge in [0.2, 0.25) is 0 Å². The number of hydrogen-bond donors (Lipinski definition) is 2. The number of amides is 2. The predicted octanol–water partition coefficient (Wildman–Crippen LogP) is 2.58. The number of carbonyl (C=O) groups excluding carboxylic acids is 1. The molecule has 5 nitrogen and oxygen atoms in total. The molecule has 2 amide bonds. The highest BCUT2D eigenvalue weighted by Gasteiger charge is 1.99. The Hall–Kier alpha value is -2.82. The van der Waals surface area contributed by atoms with Crippen molar-refractivity contribution in [3.05, 3.63) is 65.2 Å². The van der Waals surface area contributed by atoms with Gasteiger partial charge in [-0.1, -0.05) is 24.3 Å². The van der Waals surface area contributed by atoms with Gasteiger partial charge < -0.3 is 10.5 Å². The normalized spacial score (nSPS) is 10.5. The Kier molecular flexibility index (Phi) is 4.93. The molecule has 0 unspecified atom stereocenters. The zero-order chi connectivity index (χ0) is 15.1. The van der Waals surface area contributed by atoms with Gasteiger partial charge in [-0.25, -0.2) is 10.2 Å². The van der Waals surface area contributed by atoms with E-state index in [0.29, 0.717) is 6.61 Å². The highest BCUT2D eigenvalue weighted by molar-refractivity contribution is 5.81. The maximum atomic E-state index is 10.5. The first-order valence-corrected chi connectivity index (χ1v) is 6.51. The topological polar surface area (TPSA) is 76.7 Å². The van der Waals surface area contributed by atoms with Crippen LogP contribution in [0.5, 0.6) is 5.75 Å². The average molecular weight is 283 g/mol. The van der Waals surface area contributed by atoms with Crippen molar-refractivity contribution >= 4 is 12.2 Å². The molecule has 2 rings (SSSR count). The number of urea groups is 1. The van der Waals surface area contributed by atoms with Gasteiger partial charge in [-0.15, -0.1) is 0 Å². The molecule has 3 N–H and O–H groups in total. The molecule has 0 aliphatic heterocycles. The third-order valence-corrected chi connectivity index (χ3v) is 2.92. The van der Waals surface area contributed by atoms with Crippen LogP contribution in [0.15, 0.2) is 53.6 Å². The van der Waals surface area contributed by atoms with Crippen LogP contribution in [0.1, 0.15) is 16.7 Å². The molecule has 0 bridgehead atoms. The van der Waals surface area contributed by atoms with Crippen molar-refractivity contribution in [2.75, 3.05) is 0 Å². The minimum absolute atomic E-state index is 0.531. The molecule has 2 aromatic rings. The summed E-state index contributed by atoms with van der Waals surface area (Å²) in [6, 6.07) is 14.8. The third-order valence-electron chi connectivity index (χ3n) is 2.92. The molecule has 0 aromatic heterocycles. The maximum Gasteiger partial charge on any atom is 0.332 e. The summed E-state index contributed by atoms with van der Waals surface area (Å²) in [5.74, 6) is 0.776. The predicted molar refractivity (Wildman–Crippen MR) is 82.3 cm³/mol. The van der Waals surface area contributed by atoms with Crippen molar-refractivity contribution in [3.63, 3.8) is 0 Å². The first-order chi connectivity index (χ1) is 10.1. The molecule has 0 radical (unpaired) electrons. The van der Waals surface area contributed by atoms with E-state index >= 15 is 0 Å². The van der Waals surface area contributed by atoms with Crippen LogP contribution >= 0.6 is 0 Å². The van der Waals surface area contributed by atoms with E-state index < -0.39 is 6.03 Å². The van der Waals surface area contributed by atoms with Gasteiger partial charge in [0, 0.05) is 0 Å². The Morgan fingerprint density at radius 3 is 2.62 bits per heavy atom. The lowest BCUT2D eigenvalue weighted by Crippen LogP contribution is -2.24. The van der Waals surface area contributed by atoms with Gasteiger partial charge in [0.1, 0.15) is 12.4 Å². The molecule has 0 fully saturated rings. The first-order valence-electron chi connectivity index (χ1n) is 6.51. The van der Waals surface area contributed by atoms with Gasteiger partial charge >= 0.3 is 6.03 Å². The van der Waals surface area contributed by atoms with E-state index in [4.69, 9.17) is 10.5 Å². The van der Waals surface area contributed by atoms with E-state index in [0.717, 1.165) is 16.9 Å². The van der Waals surface area contributed by atoms with Crippen molar-refractivity contribution in [3.8, 4) is 5.75 Å². The smallest absolute Gasteiger partial charge is 0.332 e. The van der Waals surface area contributed by atoms with Crippen LogP contribution in [0.2, 0.25) is 0 Å². The Labute approximate surface area is 123 Å². The van der Waals surface area contributed by atoms with Gasteiger partial charge in [-0.05, 0) is 47.9 Å². The van der Waals surface area contributed by atoms with E-state index in [-0.39, 0.29) is 0 Å². The molecule has 0 atom stereocenters. The fourth-order valence-corrected chi connectivity index (χ4v) is 1.75. The highest BCUT2D eigenvalue weighted by atomic mass is 16.5. The van der Waals surface area contributed by atoms with Crippen molar-refractivity contribution < 1.29 is 9.53 Å². The zero-order valence-electron chi connectivity index (χ0n) is 11.7. The van der Waals surface area contributed by atoms with Gasteiger partial charge in [0.25, 0.3) is 0 Å². The Bertz CT molecular complexity index is 636. The lowest BCUT2D eigenvalue weighted by Gasteiger charge is -2.08. The second-order valence-corrected chi connectivity index (χ2v) is 4.52. The second-order valence-electron chi connectivity index (χ2n) is 4.52. The largest absolute Gasteiger partial charge is 0.489 e. The van der Waals surface area contributed by atoms with Crippen LogP contribution < -0.4 is 15.9 Å². The third kappa shape index (κ3) is 4.65. The molecule has 0 heterocycles. The van der Waals surface area contributed by atoms with Gasteiger partial charge in [-0.3, -0.25) is 0 Å². The lowest BCUT2D eigenvalue weighted by atomic mass is 10.1. The number of rotatable bonds is 5. The summed E-state index contributed by atoms with van der Waals surface area (Å²) < 4.78 is 5.74. The molecule has 108 valence electrons. The van der Waals surface area contributed by atoms with Gasteiger partial charge in [-0.2, -0.15) is 5.10 Å². The molecular formula is C16H17N3O2. The number of aryl methyl sites for hydroxylation is 1. The van der Waals surface area contributed by atoms with Crippen molar-refractivity contribution in [1.29, 1.82) is 0 Å². The summed E-state index contributed by atoms with van der Waals surface area (Å²) in [6.07, 6.45) is 1.51. The van der Waals surface area contributed by atoms with Crippen LogP contribution in [0.3, 0.4) is 0 Å². The minimum Gasteiger partial charge on any atom is -0.489 e. The van der Waals surface area contributed by atoms with Crippen LogP contribution in [0.4, 0.5) is 4.79 Å². The van der Waals surface area contributed by atoms with Crippen molar-refractivity contribution in [1.82, 2.24) is 5.43 Å². The van der Waals surface area contributed by atoms with Crippen molar-refractivity contribution in [2.24, 2.45) is 10.8 Å². The summed E-state index contributed by atoms with van der Waals surface area (Å²) in [6.45, 7) is 2.59. The lowest BCUT2D eigenvalue weighted by molar-refractivity contribution is 0.249. The van der Waals surface area contributed by atoms with Crippen molar-refractivity contribution in [2.45, 2.75) is 13.5 Å². The molecular weight excluding hydrogens is 266 g/mol. The van der Waals surface area contributed by atoms with Crippen LogP contribution in [-0.2, 0) is 6.61 Å². The van der Waals surface area contributed by atoms with Crippen LogP contribution in [-0.4, -0.2) is 12.2 Å². The summed E-state index contributed by atoms with van der Waals surface area (Å²) >= 11 is 0. The number of nitrogens with zero attached hydrogens (tertiary/aromatic N) is 1. The molecule has 0 saturated heterocycles. The summed E-state index contributed by atoms with van der Waals surface area (Å²) in [5.41, 5.74) is 10.3. The van der Waals surface area contributed by atoms with Crippen LogP contribution in [0.25, 0.3) is 0 Å². The Balaban J connectivity index is 1.92. The molecule has 0 aliphatic carbocycles. The highest BCUT2D eigenvalue weighted by Crippen LogP contribution is 2.15. The molecule has 0 spiro atoms. The number of ether oxygens (including phenoxy) is 1. The minimum atomic E-state index is -0.690. The Morgan fingerprint density at radius 1 is 1.24 bits per heavy atom. The summed E-state index contributed by atoms with van der Waals surface area (Å²) in [7, 11) is 0. The number of primary amides is 1. The summed E-state index contributed by atoms with van der Waals surface area (Å²) in [5, 5.41) is 3.69. The van der Waals surface area contributed by atoms with E-state index in [1.165, 1.54) is 11.8 Å². The Morgan fingerprint density at radius 2 is 1.95 bits per heavy atom. The zero-order valence-corrected chi connectivity index (χ0v) is 11.7. The maximum absolute atomic E-state index is 10.5. The molecule has 0 aliphatic rings. The molecule has 21 heavy (non-hydrogen) atoms. The fourth-order valence-electron chi connectivity index (χ4n) is 1.75. The second kappa shape index (κ2) is 7.09. The number of carbonyl (C=O) groups is 1. The number of hydrazone groups is 1. The summed E-state index contributed by atoms with van der Waals surface area (Å²) in [4.78, 5) is 10.5. The van der Waals surface area contributed by atoms with Gasteiger partial charge in [0.05, 0.1) is 6.21 Å². The quantitative estimate of drug-likeness (QED) is 0.653. The molecule has 2 aromatic carbocycles. The first kappa shape index (κ1) is 14.6. The number of nitrogens with one attached hydrogen (secondary N) is 1. The number of nitrogens with two attached hydrogens (primary N) is 1. The molecule has 0 saturated carbocycles. The number of hydrogen-bond acceptors (Lipinski definition) is 3. The van der Waals surface area contributed by atoms with E-state index in [2.05, 4.69) is 23.5 Å². The van der Waals surface area contributed by atoms with Gasteiger partial charge in [0.15, 0.2) is 0 Å². The van der Waals surface area contributed by atoms with E-state index in [9.17, 15) is 4.79 Å². The van der Waals surface area contributed by atoms with Crippen LogP contribution in [0, 0.1) is 6.92 Å². The number of benzene rings is 2. The van der Waals surface area contributed by atoms with E-state index in [1.54, 1.807) is 0 Å². The SMILES string of the molecule is Cc1ccccc1COc1ccc(/C=N\NC(N)=O)cc1.